The topological polar surface area (TPSA) is 49.3 Å². The number of rotatable bonds is 3. The number of benzene rings is 1. The molecule has 0 aromatic heterocycles. The van der Waals surface area contributed by atoms with Crippen LogP contribution in [0.4, 0.5) is 0 Å². The first-order valence-corrected chi connectivity index (χ1v) is 5.75. The van der Waals surface area contributed by atoms with Gasteiger partial charge in [0.15, 0.2) is 0 Å². The molecule has 0 saturated heterocycles. The van der Waals surface area contributed by atoms with E-state index >= 15 is 0 Å². The summed E-state index contributed by atoms with van der Waals surface area (Å²) in [6.07, 6.45) is 3.69. The molecule has 0 spiro atoms. The van der Waals surface area contributed by atoms with Gasteiger partial charge in [0, 0.05) is 12.1 Å². The van der Waals surface area contributed by atoms with E-state index in [1.54, 1.807) is 12.1 Å². The third-order valence-corrected chi connectivity index (χ3v) is 3.15. The maximum absolute atomic E-state index is 11.7. The van der Waals surface area contributed by atoms with Crippen molar-refractivity contribution in [2.75, 3.05) is 6.54 Å². The minimum Gasteiger partial charge on any atom is -0.388 e. The molecule has 1 aliphatic carbocycles. The van der Waals surface area contributed by atoms with Crippen molar-refractivity contribution in [3.8, 4) is 0 Å². The van der Waals surface area contributed by atoms with Gasteiger partial charge in [0.2, 0.25) is 0 Å². The summed E-state index contributed by atoms with van der Waals surface area (Å²) < 4.78 is 0. The zero-order valence-corrected chi connectivity index (χ0v) is 9.28. The van der Waals surface area contributed by atoms with Crippen molar-refractivity contribution >= 4 is 5.91 Å². The lowest BCUT2D eigenvalue weighted by Gasteiger charge is -2.22. The highest BCUT2D eigenvalue weighted by molar-refractivity contribution is 5.94. The van der Waals surface area contributed by atoms with Crippen LogP contribution in [-0.4, -0.2) is 23.2 Å². The SMILES string of the molecule is O=C(NCC1(O)CCCC1)c1ccccc1. The Morgan fingerprint density at radius 2 is 1.88 bits per heavy atom. The molecule has 3 nitrogen and oxygen atoms in total. The number of carbonyl (C=O) groups excluding carboxylic acids is 1. The van der Waals surface area contributed by atoms with Gasteiger partial charge < -0.3 is 10.4 Å². The fraction of sp³-hybridized carbons (Fsp3) is 0.462. The molecule has 16 heavy (non-hydrogen) atoms. The molecule has 2 rings (SSSR count). The Morgan fingerprint density at radius 1 is 1.25 bits per heavy atom. The van der Waals surface area contributed by atoms with E-state index in [0.29, 0.717) is 12.1 Å². The normalized spacial score (nSPS) is 18.3. The molecule has 0 unspecified atom stereocenters. The lowest BCUT2D eigenvalue weighted by molar-refractivity contribution is 0.0449. The fourth-order valence-electron chi connectivity index (χ4n) is 2.15. The van der Waals surface area contributed by atoms with E-state index in [-0.39, 0.29) is 5.91 Å². The van der Waals surface area contributed by atoms with Gasteiger partial charge >= 0.3 is 0 Å². The Morgan fingerprint density at radius 3 is 2.50 bits per heavy atom. The Bertz CT molecular complexity index is 355. The van der Waals surface area contributed by atoms with E-state index in [1.807, 2.05) is 18.2 Å². The molecule has 1 aromatic carbocycles. The lowest BCUT2D eigenvalue weighted by Crippen LogP contribution is -2.40. The predicted molar refractivity (Wildman–Crippen MR) is 62.2 cm³/mol. The van der Waals surface area contributed by atoms with Crippen molar-refractivity contribution in [3.05, 3.63) is 35.9 Å². The molecule has 1 aliphatic rings. The zero-order valence-electron chi connectivity index (χ0n) is 9.28. The monoisotopic (exact) mass is 219 g/mol. The van der Waals surface area contributed by atoms with Crippen LogP contribution in [0, 0.1) is 0 Å². The molecule has 1 fully saturated rings. The van der Waals surface area contributed by atoms with Gasteiger partial charge in [-0.2, -0.15) is 0 Å². The molecule has 0 radical (unpaired) electrons. The Balaban J connectivity index is 1.89. The maximum atomic E-state index is 11.7. The van der Waals surface area contributed by atoms with Crippen LogP contribution in [0.3, 0.4) is 0 Å². The van der Waals surface area contributed by atoms with Gasteiger partial charge in [-0.25, -0.2) is 0 Å². The second-order valence-electron chi connectivity index (χ2n) is 4.48. The van der Waals surface area contributed by atoms with Gasteiger partial charge in [-0.15, -0.1) is 0 Å². The zero-order chi connectivity index (χ0) is 11.4. The van der Waals surface area contributed by atoms with Crippen molar-refractivity contribution in [2.24, 2.45) is 0 Å². The van der Waals surface area contributed by atoms with E-state index in [4.69, 9.17) is 0 Å². The van der Waals surface area contributed by atoms with Gasteiger partial charge in [-0.3, -0.25) is 4.79 Å². The summed E-state index contributed by atoms with van der Waals surface area (Å²) >= 11 is 0. The molecular formula is C13H17NO2. The second kappa shape index (κ2) is 4.66. The molecule has 0 bridgehead atoms. The molecule has 1 aromatic rings. The quantitative estimate of drug-likeness (QED) is 0.813. The Kier molecular flexibility index (Phi) is 3.25. The Labute approximate surface area is 95.5 Å². The minimum absolute atomic E-state index is 0.110. The highest BCUT2D eigenvalue weighted by Gasteiger charge is 2.31. The van der Waals surface area contributed by atoms with E-state index in [1.165, 1.54) is 0 Å². The predicted octanol–water partition coefficient (Wildman–Crippen LogP) is 1.72. The summed E-state index contributed by atoms with van der Waals surface area (Å²) in [5, 5.41) is 12.9. The third kappa shape index (κ3) is 2.61. The summed E-state index contributed by atoms with van der Waals surface area (Å²) in [5.74, 6) is -0.110. The van der Waals surface area contributed by atoms with Crippen molar-refractivity contribution < 1.29 is 9.90 Å². The average molecular weight is 219 g/mol. The average Bonchev–Trinajstić information content (AvgIpc) is 2.75. The van der Waals surface area contributed by atoms with Gasteiger partial charge in [0.05, 0.1) is 5.60 Å². The van der Waals surface area contributed by atoms with E-state index in [9.17, 15) is 9.90 Å². The maximum Gasteiger partial charge on any atom is 0.251 e. The van der Waals surface area contributed by atoms with E-state index in [2.05, 4.69) is 5.32 Å². The second-order valence-corrected chi connectivity index (χ2v) is 4.48. The number of nitrogens with one attached hydrogen (secondary N) is 1. The first-order valence-electron chi connectivity index (χ1n) is 5.75. The molecule has 86 valence electrons. The number of hydrogen-bond acceptors (Lipinski definition) is 2. The molecule has 0 heterocycles. The number of amides is 1. The van der Waals surface area contributed by atoms with Crippen molar-refractivity contribution in [3.63, 3.8) is 0 Å². The molecule has 1 saturated carbocycles. The van der Waals surface area contributed by atoms with Crippen LogP contribution in [0.2, 0.25) is 0 Å². The smallest absolute Gasteiger partial charge is 0.251 e. The number of aliphatic hydroxyl groups is 1. The highest BCUT2D eigenvalue weighted by Crippen LogP contribution is 2.28. The summed E-state index contributed by atoms with van der Waals surface area (Å²) in [5.41, 5.74) is -0.0335. The molecule has 2 N–H and O–H groups in total. The van der Waals surface area contributed by atoms with Crippen LogP contribution < -0.4 is 5.32 Å². The summed E-state index contributed by atoms with van der Waals surface area (Å²) in [4.78, 5) is 11.7. The number of hydrogen-bond donors (Lipinski definition) is 2. The summed E-state index contributed by atoms with van der Waals surface area (Å²) in [6.45, 7) is 0.362. The van der Waals surface area contributed by atoms with E-state index in [0.717, 1.165) is 25.7 Å². The lowest BCUT2D eigenvalue weighted by atomic mass is 10.0. The van der Waals surface area contributed by atoms with Gasteiger partial charge in [0.25, 0.3) is 5.91 Å². The van der Waals surface area contributed by atoms with Crippen molar-refractivity contribution in [1.29, 1.82) is 0 Å². The molecular weight excluding hydrogens is 202 g/mol. The van der Waals surface area contributed by atoms with Crippen LogP contribution in [-0.2, 0) is 0 Å². The van der Waals surface area contributed by atoms with E-state index < -0.39 is 5.60 Å². The third-order valence-electron chi connectivity index (χ3n) is 3.15. The van der Waals surface area contributed by atoms with Crippen LogP contribution in [0.15, 0.2) is 30.3 Å². The Hall–Kier alpha value is -1.35. The van der Waals surface area contributed by atoms with Gasteiger partial charge in [0.1, 0.15) is 0 Å². The summed E-state index contributed by atoms with van der Waals surface area (Å²) in [7, 11) is 0. The standard InChI is InChI=1S/C13H17NO2/c15-12(11-6-2-1-3-7-11)14-10-13(16)8-4-5-9-13/h1-3,6-7,16H,4-5,8-10H2,(H,14,15). The molecule has 0 aliphatic heterocycles. The largest absolute Gasteiger partial charge is 0.388 e. The molecule has 1 amide bonds. The van der Waals surface area contributed by atoms with Crippen LogP contribution in [0.5, 0.6) is 0 Å². The van der Waals surface area contributed by atoms with Crippen LogP contribution in [0.1, 0.15) is 36.0 Å². The van der Waals surface area contributed by atoms with Crippen molar-refractivity contribution in [2.45, 2.75) is 31.3 Å². The van der Waals surface area contributed by atoms with Crippen LogP contribution >= 0.6 is 0 Å². The van der Waals surface area contributed by atoms with Gasteiger partial charge in [-0.05, 0) is 25.0 Å². The number of carbonyl (C=O) groups is 1. The highest BCUT2D eigenvalue weighted by atomic mass is 16.3. The van der Waals surface area contributed by atoms with Crippen LogP contribution in [0.25, 0.3) is 0 Å². The fourth-order valence-corrected chi connectivity index (χ4v) is 2.15. The summed E-state index contributed by atoms with van der Waals surface area (Å²) in [6, 6.07) is 9.09. The van der Waals surface area contributed by atoms with Gasteiger partial charge in [-0.1, -0.05) is 31.0 Å². The minimum atomic E-state index is -0.676. The molecule has 3 heteroatoms. The first-order chi connectivity index (χ1) is 7.70. The molecule has 0 atom stereocenters. The first kappa shape index (κ1) is 11.1. The van der Waals surface area contributed by atoms with Crippen molar-refractivity contribution in [1.82, 2.24) is 5.32 Å².